The van der Waals surface area contributed by atoms with Gasteiger partial charge in [-0.2, -0.15) is 5.10 Å². The maximum atomic E-state index is 12.1. The maximum Gasteiger partial charge on any atom is 0.329 e. The summed E-state index contributed by atoms with van der Waals surface area (Å²) in [6.07, 6.45) is 1.36. The molecule has 0 bridgehead atoms. The summed E-state index contributed by atoms with van der Waals surface area (Å²) in [5.74, 6) is -1.67. The van der Waals surface area contributed by atoms with Crippen LogP contribution in [0.15, 0.2) is 71.8 Å². The second-order valence-electron chi connectivity index (χ2n) is 7.03. The highest BCUT2D eigenvalue weighted by molar-refractivity contribution is 6.39. The second kappa shape index (κ2) is 11.8. The molecule has 0 aromatic heterocycles. The lowest BCUT2D eigenvalue weighted by Crippen LogP contribution is -2.32. The Balaban J connectivity index is 1.44. The minimum absolute atomic E-state index is 0.183. The Hall–Kier alpha value is -3.88. The fourth-order valence-electron chi connectivity index (χ4n) is 2.68. The zero-order valence-corrected chi connectivity index (χ0v) is 19.5. The number of ether oxygens (including phenoxy) is 1. The Kier molecular flexibility index (Phi) is 8.61. The Morgan fingerprint density at radius 1 is 0.912 bits per heavy atom. The van der Waals surface area contributed by atoms with E-state index < -0.39 is 11.8 Å². The second-order valence-corrected chi connectivity index (χ2v) is 7.90. The lowest BCUT2D eigenvalue weighted by atomic mass is 10.2. The van der Waals surface area contributed by atoms with Crippen LogP contribution in [0.25, 0.3) is 0 Å². The molecule has 0 radical (unpaired) electrons. The average molecular weight is 499 g/mol. The molecule has 3 amide bonds. The number of nitrogens with zero attached hydrogens (tertiary/aromatic N) is 1. The van der Waals surface area contributed by atoms with E-state index in [-0.39, 0.29) is 12.5 Å². The molecule has 0 saturated carbocycles. The maximum absolute atomic E-state index is 12.1. The summed E-state index contributed by atoms with van der Waals surface area (Å²) in [4.78, 5) is 35.9. The van der Waals surface area contributed by atoms with Crippen LogP contribution in [0.5, 0.6) is 5.75 Å². The van der Waals surface area contributed by atoms with Crippen LogP contribution >= 0.6 is 23.2 Å². The van der Waals surface area contributed by atoms with E-state index in [2.05, 4.69) is 21.2 Å². The van der Waals surface area contributed by atoms with Gasteiger partial charge in [0.25, 0.3) is 5.91 Å². The highest BCUT2D eigenvalue weighted by Gasteiger charge is 2.13. The van der Waals surface area contributed by atoms with Gasteiger partial charge in [-0.3, -0.25) is 14.4 Å². The highest BCUT2D eigenvalue weighted by atomic mass is 35.5. The molecule has 0 heterocycles. The summed E-state index contributed by atoms with van der Waals surface area (Å²) < 4.78 is 5.48. The molecule has 3 aromatic carbocycles. The minimum Gasteiger partial charge on any atom is -0.484 e. The fourth-order valence-corrected chi connectivity index (χ4v) is 3.05. The standard InChI is InChI=1S/C24H20Cl2N4O4/c1-15-5-8-18(26)12-21(15)29-22(31)14-34-20-9-6-16(7-10-20)13-27-30-24(33)23(32)28-19-4-2-3-17(25)11-19/h2-13H,14H2,1H3,(H,28,32)(H,29,31)(H,30,33)/b27-13-. The van der Waals surface area contributed by atoms with Crippen molar-refractivity contribution in [3.63, 3.8) is 0 Å². The zero-order chi connectivity index (χ0) is 24.5. The monoisotopic (exact) mass is 498 g/mol. The summed E-state index contributed by atoms with van der Waals surface area (Å²) in [6.45, 7) is 1.68. The predicted molar refractivity (Wildman–Crippen MR) is 133 cm³/mol. The predicted octanol–water partition coefficient (Wildman–Crippen LogP) is 4.41. The van der Waals surface area contributed by atoms with Crippen LogP contribution in [-0.4, -0.2) is 30.5 Å². The number of rotatable bonds is 7. The SMILES string of the molecule is Cc1ccc(Cl)cc1NC(=O)COc1ccc(/C=N\NC(=O)C(=O)Nc2cccc(Cl)c2)cc1. The van der Waals surface area contributed by atoms with Crippen molar-refractivity contribution in [1.29, 1.82) is 0 Å². The number of benzene rings is 3. The smallest absolute Gasteiger partial charge is 0.329 e. The van der Waals surface area contributed by atoms with Crippen molar-refractivity contribution in [2.24, 2.45) is 5.10 Å². The number of carbonyl (C=O) groups is 3. The number of halogens is 2. The summed E-state index contributed by atoms with van der Waals surface area (Å²) in [5, 5.41) is 9.88. The van der Waals surface area contributed by atoms with Crippen LogP contribution in [0.1, 0.15) is 11.1 Å². The molecule has 0 unspecified atom stereocenters. The van der Waals surface area contributed by atoms with Crippen molar-refractivity contribution in [1.82, 2.24) is 5.43 Å². The van der Waals surface area contributed by atoms with Gasteiger partial charge in [0.05, 0.1) is 6.21 Å². The molecule has 0 atom stereocenters. The first-order chi connectivity index (χ1) is 16.3. The lowest BCUT2D eigenvalue weighted by Gasteiger charge is -2.10. The van der Waals surface area contributed by atoms with Crippen molar-refractivity contribution in [2.75, 3.05) is 17.2 Å². The van der Waals surface area contributed by atoms with Crippen LogP contribution in [0.3, 0.4) is 0 Å². The first-order valence-corrected chi connectivity index (χ1v) is 10.7. The largest absolute Gasteiger partial charge is 0.484 e. The van der Waals surface area contributed by atoms with E-state index in [0.29, 0.717) is 32.7 Å². The molecule has 3 N–H and O–H groups in total. The van der Waals surface area contributed by atoms with Gasteiger partial charge in [-0.1, -0.05) is 35.3 Å². The molecule has 34 heavy (non-hydrogen) atoms. The third-order valence-electron chi connectivity index (χ3n) is 4.39. The van der Waals surface area contributed by atoms with Crippen LogP contribution in [0, 0.1) is 6.92 Å². The molecule has 0 saturated heterocycles. The van der Waals surface area contributed by atoms with Gasteiger partial charge >= 0.3 is 11.8 Å². The molecule has 10 heteroatoms. The molecule has 0 fully saturated rings. The van der Waals surface area contributed by atoms with Gasteiger partial charge in [0.15, 0.2) is 6.61 Å². The fraction of sp³-hybridized carbons (Fsp3) is 0.0833. The lowest BCUT2D eigenvalue weighted by molar-refractivity contribution is -0.136. The van der Waals surface area contributed by atoms with E-state index in [1.54, 1.807) is 54.6 Å². The van der Waals surface area contributed by atoms with Crippen LogP contribution in [0.2, 0.25) is 10.0 Å². The van der Waals surface area contributed by atoms with Gasteiger partial charge in [0.1, 0.15) is 5.75 Å². The quantitative estimate of drug-likeness (QED) is 0.254. The number of amides is 3. The molecular formula is C24H20Cl2N4O4. The van der Waals surface area contributed by atoms with Crippen LogP contribution in [-0.2, 0) is 14.4 Å². The zero-order valence-electron chi connectivity index (χ0n) is 18.0. The molecule has 0 aliphatic carbocycles. The number of carbonyl (C=O) groups excluding carboxylic acids is 3. The van der Waals surface area contributed by atoms with E-state index in [1.165, 1.54) is 12.3 Å². The summed E-state index contributed by atoms with van der Waals surface area (Å²) in [5.41, 5.74) is 4.68. The molecule has 0 aliphatic rings. The molecule has 8 nitrogen and oxygen atoms in total. The van der Waals surface area contributed by atoms with E-state index in [9.17, 15) is 14.4 Å². The Morgan fingerprint density at radius 3 is 2.38 bits per heavy atom. The summed E-state index contributed by atoms with van der Waals surface area (Å²) >= 11 is 11.8. The van der Waals surface area contributed by atoms with Gasteiger partial charge in [0.2, 0.25) is 0 Å². The van der Waals surface area contributed by atoms with Crippen LogP contribution in [0.4, 0.5) is 11.4 Å². The number of nitrogens with one attached hydrogen (secondary N) is 3. The Morgan fingerprint density at radius 2 is 1.65 bits per heavy atom. The summed E-state index contributed by atoms with van der Waals surface area (Å²) in [7, 11) is 0. The Bertz CT molecular complexity index is 1230. The minimum atomic E-state index is -0.933. The molecule has 3 rings (SSSR count). The van der Waals surface area contributed by atoms with Gasteiger partial charge in [-0.05, 0) is 72.6 Å². The molecule has 0 aliphatic heterocycles. The van der Waals surface area contributed by atoms with Crippen LogP contribution < -0.4 is 20.8 Å². The van der Waals surface area contributed by atoms with E-state index in [1.807, 2.05) is 13.0 Å². The van der Waals surface area contributed by atoms with Gasteiger partial charge < -0.3 is 15.4 Å². The van der Waals surface area contributed by atoms with Crippen molar-refractivity contribution in [2.45, 2.75) is 6.92 Å². The molecule has 3 aromatic rings. The number of aryl methyl sites for hydroxylation is 1. The number of anilines is 2. The normalized spacial score (nSPS) is 10.6. The van der Waals surface area contributed by atoms with E-state index >= 15 is 0 Å². The third kappa shape index (κ3) is 7.61. The first kappa shape index (κ1) is 24.8. The summed E-state index contributed by atoms with van der Waals surface area (Å²) in [6, 6.07) is 18.3. The van der Waals surface area contributed by atoms with Crippen molar-refractivity contribution in [3.8, 4) is 5.75 Å². The number of hydrazone groups is 1. The van der Waals surface area contributed by atoms with Gasteiger partial charge in [-0.15, -0.1) is 0 Å². The van der Waals surface area contributed by atoms with Crippen molar-refractivity contribution >= 4 is 58.5 Å². The van der Waals surface area contributed by atoms with E-state index in [0.717, 1.165) is 5.56 Å². The number of hydrogen-bond donors (Lipinski definition) is 3. The topological polar surface area (TPSA) is 109 Å². The molecule has 0 spiro atoms. The molecular weight excluding hydrogens is 479 g/mol. The van der Waals surface area contributed by atoms with Crippen molar-refractivity contribution in [3.05, 3.63) is 87.9 Å². The highest BCUT2D eigenvalue weighted by Crippen LogP contribution is 2.20. The third-order valence-corrected chi connectivity index (χ3v) is 4.86. The van der Waals surface area contributed by atoms with Crippen molar-refractivity contribution < 1.29 is 19.1 Å². The number of hydrogen-bond acceptors (Lipinski definition) is 5. The molecule has 174 valence electrons. The van der Waals surface area contributed by atoms with Gasteiger partial charge in [-0.25, -0.2) is 5.43 Å². The Labute approximate surface area is 205 Å². The first-order valence-electron chi connectivity index (χ1n) is 9.99. The average Bonchev–Trinajstić information content (AvgIpc) is 2.81. The van der Waals surface area contributed by atoms with E-state index in [4.69, 9.17) is 27.9 Å². The van der Waals surface area contributed by atoms with Gasteiger partial charge in [0, 0.05) is 21.4 Å².